The Kier molecular flexibility index (Phi) is 6.66. The van der Waals surface area contributed by atoms with Crippen LogP contribution in [0.1, 0.15) is 25.0 Å². The number of para-hydroxylation sites is 2. The van der Waals surface area contributed by atoms with E-state index in [1.165, 1.54) is 5.56 Å². The van der Waals surface area contributed by atoms with Gasteiger partial charge in [0.25, 0.3) is 0 Å². The first kappa shape index (κ1) is 31.1. The van der Waals surface area contributed by atoms with Gasteiger partial charge in [0, 0.05) is 52.1 Å². The van der Waals surface area contributed by atoms with Gasteiger partial charge in [0.05, 0.1) is 22.4 Å². The number of anilines is 3. The van der Waals surface area contributed by atoms with Crippen molar-refractivity contribution < 1.29 is 0 Å². The molecule has 0 unspecified atom stereocenters. The summed E-state index contributed by atoms with van der Waals surface area (Å²) in [6.07, 6.45) is 6.72. The molecule has 10 heteroatoms. The summed E-state index contributed by atoms with van der Waals surface area (Å²) in [4.78, 5) is 41.6. The second-order valence-electron chi connectivity index (χ2n) is 14.2. The van der Waals surface area contributed by atoms with Crippen molar-refractivity contribution in [3.63, 3.8) is 0 Å². The van der Waals surface area contributed by atoms with Gasteiger partial charge in [-0.3, -0.25) is 9.47 Å². The van der Waals surface area contributed by atoms with E-state index in [-0.39, 0.29) is 5.41 Å². The van der Waals surface area contributed by atoms with Gasteiger partial charge >= 0.3 is 0 Å². The third kappa shape index (κ3) is 4.67. The molecule has 0 saturated carbocycles. The zero-order chi connectivity index (χ0) is 36.7. The quantitative estimate of drug-likeness (QED) is 0.176. The molecule has 0 atom stereocenters. The van der Waals surface area contributed by atoms with Gasteiger partial charge in [-0.2, -0.15) is 9.97 Å². The van der Waals surface area contributed by atoms with Crippen LogP contribution in [0.3, 0.4) is 0 Å². The van der Waals surface area contributed by atoms with Crippen molar-refractivity contribution in [1.82, 2.24) is 44.4 Å². The summed E-state index contributed by atoms with van der Waals surface area (Å²) in [6, 6.07) is 41.7. The van der Waals surface area contributed by atoms with Gasteiger partial charge in [0.1, 0.15) is 22.4 Å². The molecule has 0 saturated heterocycles. The Morgan fingerprint density at radius 1 is 0.455 bits per heavy atom. The van der Waals surface area contributed by atoms with Crippen molar-refractivity contribution in [2.75, 3.05) is 4.90 Å². The molecule has 5 aromatic heterocycles. The monoisotopic (exact) mass is 710 g/mol. The molecular formula is C45H30N10. The smallest absolute Gasteiger partial charge is 0.237 e. The zero-order valence-corrected chi connectivity index (χ0v) is 29.8. The fourth-order valence-corrected chi connectivity index (χ4v) is 8.09. The van der Waals surface area contributed by atoms with E-state index in [2.05, 4.69) is 104 Å². The van der Waals surface area contributed by atoms with Crippen LogP contribution < -0.4 is 4.90 Å². The normalized spacial score (nSPS) is 13.4. The van der Waals surface area contributed by atoms with Crippen molar-refractivity contribution in [3.8, 4) is 28.5 Å². The largest absolute Gasteiger partial charge is 0.278 e. The molecule has 11 rings (SSSR count). The summed E-state index contributed by atoms with van der Waals surface area (Å²) in [6.45, 7) is 4.57. The molecule has 0 aliphatic carbocycles. The van der Waals surface area contributed by atoms with Gasteiger partial charge in [0.15, 0.2) is 11.3 Å². The van der Waals surface area contributed by atoms with Crippen LogP contribution in [0.4, 0.5) is 17.3 Å². The predicted molar refractivity (Wildman–Crippen MR) is 216 cm³/mol. The Balaban J connectivity index is 1.23. The van der Waals surface area contributed by atoms with E-state index in [0.717, 1.165) is 49.9 Å². The molecule has 0 fully saturated rings. The summed E-state index contributed by atoms with van der Waals surface area (Å²) < 4.78 is 2.14. The summed E-state index contributed by atoms with van der Waals surface area (Å²) in [5.74, 6) is 1.00. The number of rotatable bonds is 4. The molecule has 55 heavy (non-hydrogen) atoms. The van der Waals surface area contributed by atoms with Gasteiger partial charge in [-0.1, -0.05) is 111 Å². The minimum Gasteiger partial charge on any atom is -0.278 e. The highest BCUT2D eigenvalue weighted by molar-refractivity contribution is 6.11. The van der Waals surface area contributed by atoms with E-state index in [0.29, 0.717) is 45.6 Å². The molecule has 5 aromatic carbocycles. The maximum atomic E-state index is 5.29. The summed E-state index contributed by atoms with van der Waals surface area (Å²) in [5, 5.41) is 2.18. The number of aromatic nitrogens is 9. The van der Waals surface area contributed by atoms with Crippen LogP contribution in [0.25, 0.3) is 72.6 Å². The number of hydrogen-bond acceptors (Lipinski definition) is 9. The van der Waals surface area contributed by atoms with Crippen LogP contribution >= 0.6 is 0 Å². The minimum atomic E-state index is -0.367. The van der Waals surface area contributed by atoms with Crippen molar-refractivity contribution in [2.45, 2.75) is 19.3 Å². The average molecular weight is 711 g/mol. The molecule has 0 radical (unpaired) electrons. The van der Waals surface area contributed by atoms with Crippen LogP contribution in [0, 0.1) is 0 Å². The molecule has 6 heterocycles. The lowest BCUT2D eigenvalue weighted by Crippen LogP contribution is -2.31. The lowest BCUT2D eigenvalue weighted by atomic mass is 9.73. The number of hydrogen-bond donors (Lipinski definition) is 0. The Morgan fingerprint density at radius 3 is 1.71 bits per heavy atom. The zero-order valence-electron chi connectivity index (χ0n) is 29.8. The Morgan fingerprint density at radius 2 is 1.02 bits per heavy atom. The van der Waals surface area contributed by atoms with E-state index in [4.69, 9.17) is 19.9 Å². The fraction of sp³-hybridized carbons (Fsp3) is 0.0667. The molecular weight excluding hydrogens is 681 g/mol. The fourth-order valence-electron chi connectivity index (χ4n) is 8.09. The first-order valence-corrected chi connectivity index (χ1v) is 18.1. The van der Waals surface area contributed by atoms with E-state index in [9.17, 15) is 0 Å². The lowest BCUT2D eigenvalue weighted by Gasteiger charge is -2.41. The van der Waals surface area contributed by atoms with E-state index < -0.39 is 0 Å². The SMILES string of the molecule is CC1(C)c2ccccc2N(c2nc(-c3ccccc3)c3nccnc3n2)c2cc3c(cc21)c1ccccc1n3-c1nc(-c2ccccc2)c2nccnc2n1. The number of fused-ring (bicyclic) bond motifs is 7. The molecule has 1 aliphatic heterocycles. The minimum absolute atomic E-state index is 0.367. The highest BCUT2D eigenvalue weighted by Gasteiger charge is 2.39. The van der Waals surface area contributed by atoms with Gasteiger partial charge in [-0.15, -0.1) is 0 Å². The Labute approximate surface area is 314 Å². The molecule has 0 N–H and O–H groups in total. The second kappa shape index (κ2) is 11.8. The van der Waals surface area contributed by atoms with Gasteiger partial charge in [-0.25, -0.2) is 29.9 Å². The first-order valence-electron chi connectivity index (χ1n) is 18.1. The van der Waals surface area contributed by atoms with Crippen molar-refractivity contribution in [2.24, 2.45) is 0 Å². The van der Waals surface area contributed by atoms with E-state index in [1.54, 1.807) is 24.8 Å². The summed E-state index contributed by atoms with van der Waals surface area (Å²) in [5.41, 5.74) is 11.4. The van der Waals surface area contributed by atoms with Gasteiger partial charge < -0.3 is 0 Å². The Bertz CT molecular complexity index is 3140. The molecule has 0 spiro atoms. The van der Waals surface area contributed by atoms with E-state index >= 15 is 0 Å². The molecule has 0 amide bonds. The maximum Gasteiger partial charge on any atom is 0.237 e. The third-order valence-corrected chi connectivity index (χ3v) is 10.7. The lowest BCUT2D eigenvalue weighted by molar-refractivity contribution is 0.632. The van der Waals surface area contributed by atoms with Crippen molar-refractivity contribution in [3.05, 3.63) is 157 Å². The second-order valence-corrected chi connectivity index (χ2v) is 14.2. The van der Waals surface area contributed by atoms with E-state index in [1.807, 2.05) is 60.7 Å². The number of benzene rings is 5. The van der Waals surface area contributed by atoms with Gasteiger partial charge in [0.2, 0.25) is 11.9 Å². The average Bonchev–Trinajstić information content (AvgIpc) is 3.56. The van der Waals surface area contributed by atoms with Crippen LogP contribution in [0.5, 0.6) is 0 Å². The van der Waals surface area contributed by atoms with Crippen LogP contribution in [0.2, 0.25) is 0 Å². The van der Waals surface area contributed by atoms with Crippen LogP contribution in [-0.2, 0) is 5.41 Å². The van der Waals surface area contributed by atoms with Crippen LogP contribution in [0.15, 0.2) is 146 Å². The molecule has 0 bridgehead atoms. The predicted octanol–water partition coefficient (Wildman–Crippen LogP) is 9.69. The van der Waals surface area contributed by atoms with Crippen molar-refractivity contribution in [1.29, 1.82) is 0 Å². The first-order chi connectivity index (χ1) is 27.0. The maximum absolute atomic E-state index is 5.29. The van der Waals surface area contributed by atoms with Gasteiger partial charge in [-0.05, 0) is 35.4 Å². The molecule has 1 aliphatic rings. The standard InChI is InChI=1S/C45H30N10/c1-45(2)31-18-10-12-20-34(31)55(44-51-38(28-15-7-4-8-16-28)40-42(53-44)49-24-22-47-40)36-26-35-30(25-32(36)45)29-17-9-11-19-33(29)54(35)43-50-37(27-13-5-3-6-14-27)39-41(52-43)48-23-21-46-39/h3-26H,1-2H3. The number of nitrogens with zero attached hydrogens (tertiary/aromatic N) is 10. The summed E-state index contributed by atoms with van der Waals surface area (Å²) >= 11 is 0. The summed E-state index contributed by atoms with van der Waals surface area (Å²) in [7, 11) is 0. The van der Waals surface area contributed by atoms with Crippen LogP contribution in [-0.4, -0.2) is 44.4 Å². The topological polar surface area (TPSA) is 111 Å². The molecule has 10 aromatic rings. The highest BCUT2D eigenvalue weighted by Crippen LogP contribution is 2.53. The molecule has 260 valence electrons. The van der Waals surface area contributed by atoms with Crippen molar-refractivity contribution >= 4 is 61.5 Å². The Hall–Kier alpha value is -7.46. The third-order valence-electron chi connectivity index (χ3n) is 10.7. The highest BCUT2D eigenvalue weighted by atomic mass is 15.3. The molecule has 10 nitrogen and oxygen atoms in total.